The molecule has 0 bridgehead atoms. The molecule has 0 aliphatic carbocycles. The van der Waals surface area contributed by atoms with E-state index in [2.05, 4.69) is 0 Å². The van der Waals surface area contributed by atoms with Crippen LogP contribution < -0.4 is 10.5 Å². The third-order valence-electron chi connectivity index (χ3n) is 3.21. The highest BCUT2D eigenvalue weighted by Gasteiger charge is 2.14. The van der Waals surface area contributed by atoms with Gasteiger partial charge in [-0.2, -0.15) is 0 Å². The molecule has 124 valence electrons. The summed E-state index contributed by atoms with van der Waals surface area (Å²) in [6, 6.07) is 8.13. The van der Waals surface area contributed by atoms with Crippen molar-refractivity contribution >= 4 is 35.2 Å². The van der Waals surface area contributed by atoms with Crippen molar-refractivity contribution in [3.63, 3.8) is 0 Å². The molecule has 0 spiro atoms. The van der Waals surface area contributed by atoms with E-state index in [9.17, 15) is 9.59 Å². The van der Waals surface area contributed by atoms with Crippen molar-refractivity contribution in [2.24, 2.45) is 5.73 Å². The second-order valence-electron chi connectivity index (χ2n) is 5.12. The van der Waals surface area contributed by atoms with E-state index >= 15 is 0 Å². The molecule has 0 saturated heterocycles. The van der Waals surface area contributed by atoms with Gasteiger partial charge in [0.05, 0.1) is 0 Å². The normalized spacial score (nSPS) is 11.2. The number of nitrogen functional groups attached to an aromatic ring is 1. The van der Waals surface area contributed by atoms with Crippen LogP contribution in [0.2, 0.25) is 0 Å². The molecule has 0 atom stereocenters. The van der Waals surface area contributed by atoms with E-state index < -0.39 is 11.9 Å². The Balaban J connectivity index is 2.16. The number of carboxylic acids is 1. The molecule has 1 heterocycles. The number of amidine groups is 1. The van der Waals surface area contributed by atoms with Gasteiger partial charge in [-0.15, -0.1) is 11.3 Å². The van der Waals surface area contributed by atoms with Crippen molar-refractivity contribution in [2.45, 2.75) is 13.8 Å². The van der Waals surface area contributed by atoms with Gasteiger partial charge >= 0.3 is 11.9 Å². The van der Waals surface area contributed by atoms with E-state index in [1.165, 1.54) is 13.0 Å². The smallest absolute Gasteiger partial charge is 0.353 e. The minimum atomic E-state index is -1.01. The molecule has 1 aromatic carbocycles. The Kier molecular flexibility index (Phi) is 5.15. The minimum Gasteiger partial charge on any atom is -0.478 e. The summed E-state index contributed by atoms with van der Waals surface area (Å²) >= 11 is 1.15. The van der Waals surface area contributed by atoms with Crippen molar-refractivity contribution < 1.29 is 19.4 Å². The molecule has 0 amide bonds. The van der Waals surface area contributed by atoms with Crippen LogP contribution >= 0.6 is 11.3 Å². The number of carbonyl (C=O) groups excluding carboxylic acids is 1. The minimum absolute atomic E-state index is 0.0561. The molecular weight excluding hydrogens is 328 g/mol. The number of benzene rings is 1. The molecule has 4 N–H and O–H groups in total. The second kappa shape index (κ2) is 7.10. The van der Waals surface area contributed by atoms with Gasteiger partial charge in [0.15, 0.2) is 0 Å². The second-order valence-corrected chi connectivity index (χ2v) is 6.23. The van der Waals surface area contributed by atoms with E-state index in [0.717, 1.165) is 11.3 Å². The van der Waals surface area contributed by atoms with Crippen LogP contribution in [0.1, 0.15) is 32.6 Å². The first-order valence-corrected chi connectivity index (χ1v) is 7.78. The van der Waals surface area contributed by atoms with Gasteiger partial charge in [0.2, 0.25) is 0 Å². The van der Waals surface area contributed by atoms with Gasteiger partial charge in [-0.1, -0.05) is 0 Å². The summed E-state index contributed by atoms with van der Waals surface area (Å²) in [6.07, 6.45) is 1.50. The Morgan fingerprint density at radius 1 is 1.29 bits per heavy atom. The lowest BCUT2D eigenvalue weighted by molar-refractivity contribution is -0.132. The van der Waals surface area contributed by atoms with E-state index in [1.807, 2.05) is 0 Å². The fraction of sp³-hybridized carbons (Fsp3) is 0.118. The van der Waals surface area contributed by atoms with Crippen LogP contribution in [-0.4, -0.2) is 22.9 Å². The average molecular weight is 344 g/mol. The Labute approximate surface area is 142 Å². The van der Waals surface area contributed by atoms with Crippen LogP contribution in [0.15, 0.2) is 35.9 Å². The molecule has 6 nitrogen and oxygen atoms in total. The summed E-state index contributed by atoms with van der Waals surface area (Å²) in [4.78, 5) is 24.0. The highest BCUT2D eigenvalue weighted by Crippen LogP contribution is 2.24. The number of hydrogen-bond donors (Lipinski definition) is 3. The fourth-order valence-electron chi connectivity index (χ4n) is 1.90. The lowest BCUT2D eigenvalue weighted by Gasteiger charge is -2.08. The van der Waals surface area contributed by atoms with Gasteiger partial charge < -0.3 is 15.6 Å². The quantitative estimate of drug-likeness (QED) is 0.254. The maximum atomic E-state index is 12.2. The molecule has 0 radical (unpaired) electrons. The third kappa shape index (κ3) is 4.08. The predicted molar refractivity (Wildman–Crippen MR) is 92.8 cm³/mol. The van der Waals surface area contributed by atoms with E-state index in [1.54, 1.807) is 37.3 Å². The standard InChI is InChI=1S/C17H16N2O4S/c1-9-7-11(15(18)19)3-5-13(9)23-17(22)14-6-4-12(24-14)8-10(2)16(20)21/h3-8H,1-2H3,(H3,18,19)(H,20,21)/b10-8+. The number of rotatable bonds is 5. The number of esters is 1. The highest BCUT2D eigenvalue weighted by atomic mass is 32.1. The predicted octanol–water partition coefficient (Wildman–Crippen LogP) is 3.05. The molecular formula is C17H16N2O4S. The van der Waals surface area contributed by atoms with Gasteiger partial charge in [-0.25, -0.2) is 9.59 Å². The summed E-state index contributed by atoms with van der Waals surface area (Å²) in [5.41, 5.74) is 6.85. The molecule has 2 rings (SSSR count). The summed E-state index contributed by atoms with van der Waals surface area (Å²) in [6.45, 7) is 3.24. The first-order chi connectivity index (χ1) is 11.3. The van der Waals surface area contributed by atoms with Gasteiger partial charge in [-0.05, 0) is 55.8 Å². The Hall–Kier alpha value is -2.93. The summed E-state index contributed by atoms with van der Waals surface area (Å²) < 4.78 is 5.35. The summed E-state index contributed by atoms with van der Waals surface area (Å²) in [5.74, 6) is -1.20. The van der Waals surface area contributed by atoms with Gasteiger partial charge in [0, 0.05) is 16.0 Å². The van der Waals surface area contributed by atoms with E-state index in [4.69, 9.17) is 21.0 Å². The van der Waals surface area contributed by atoms with Crippen molar-refractivity contribution in [1.82, 2.24) is 0 Å². The highest BCUT2D eigenvalue weighted by molar-refractivity contribution is 7.14. The van der Waals surface area contributed by atoms with Crippen molar-refractivity contribution in [1.29, 1.82) is 5.41 Å². The molecule has 0 fully saturated rings. The van der Waals surface area contributed by atoms with Crippen molar-refractivity contribution in [3.8, 4) is 5.75 Å². The van der Waals surface area contributed by atoms with Crippen LogP contribution in [-0.2, 0) is 4.79 Å². The zero-order valence-electron chi connectivity index (χ0n) is 13.1. The number of ether oxygens (including phenoxy) is 1. The molecule has 0 aliphatic heterocycles. The zero-order chi connectivity index (χ0) is 17.9. The number of nitrogens with two attached hydrogens (primary N) is 1. The zero-order valence-corrected chi connectivity index (χ0v) is 13.9. The largest absolute Gasteiger partial charge is 0.478 e. The first kappa shape index (κ1) is 17.4. The van der Waals surface area contributed by atoms with Gasteiger partial charge in [0.1, 0.15) is 16.5 Å². The Bertz CT molecular complexity index is 852. The number of thiophene rings is 1. The van der Waals surface area contributed by atoms with E-state index in [0.29, 0.717) is 26.6 Å². The number of nitrogens with one attached hydrogen (secondary N) is 1. The Morgan fingerprint density at radius 2 is 2.00 bits per heavy atom. The van der Waals surface area contributed by atoms with Crippen LogP contribution in [0.4, 0.5) is 0 Å². The maximum Gasteiger partial charge on any atom is 0.353 e. The SMILES string of the molecule is C/C(=C\c1ccc(C(=O)Oc2ccc(C(=N)N)cc2C)s1)C(=O)O. The lowest BCUT2D eigenvalue weighted by atomic mass is 10.1. The fourth-order valence-corrected chi connectivity index (χ4v) is 2.78. The first-order valence-electron chi connectivity index (χ1n) is 6.96. The van der Waals surface area contributed by atoms with Crippen molar-refractivity contribution in [3.05, 3.63) is 56.8 Å². The van der Waals surface area contributed by atoms with Crippen LogP contribution in [0.3, 0.4) is 0 Å². The van der Waals surface area contributed by atoms with Crippen molar-refractivity contribution in [2.75, 3.05) is 0 Å². The topological polar surface area (TPSA) is 113 Å². The lowest BCUT2D eigenvalue weighted by Crippen LogP contribution is -2.12. The Morgan fingerprint density at radius 3 is 2.58 bits per heavy atom. The van der Waals surface area contributed by atoms with Crippen LogP contribution in [0.5, 0.6) is 5.75 Å². The monoisotopic (exact) mass is 344 g/mol. The molecule has 0 aliphatic rings. The summed E-state index contributed by atoms with van der Waals surface area (Å²) in [7, 11) is 0. The molecule has 1 aromatic heterocycles. The van der Waals surface area contributed by atoms with Crippen LogP contribution in [0.25, 0.3) is 6.08 Å². The number of aliphatic carboxylic acids is 1. The number of carboxylic acid groups (broad SMARTS) is 1. The molecule has 0 unspecified atom stereocenters. The molecule has 0 saturated carbocycles. The third-order valence-corrected chi connectivity index (χ3v) is 4.22. The number of aryl methyl sites for hydroxylation is 1. The molecule has 24 heavy (non-hydrogen) atoms. The average Bonchev–Trinajstić information content (AvgIpc) is 2.97. The number of hydrogen-bond acceptors (Lipinski definition) is 5. The molecule has 2 aromatic rings. The van der Waals surface area contributed by atoms with Gasteiger partial charge in [-0.3, -0.25) is 5.41 Å². The van der Waals surface area contributed by atoms with Crippen LogP contribution in [0, 0.1) is 12.3 Å². The van der Waals surface area contributed by atoms with Gasteiger partial charge in [0.25, 0.3) is 0 Å². The van der Waals surface area contributed by atoms with E-state index in [-0.39, 0.29) is 11.4 Å². The summed E-state index contributed by atoms with van der Waals surface area (Å²) in [5, 5.41) is 16.3. The number of carbonyl (C=O) groups is 2. The molecule has 7 heteroatoms. The maximum absolute atomic E-state index is 12.2.